The van der Waals surface area contributed by atoms with Crippen LogP contribution in [0.3, 0.4) is 0 Å². The van der Waals surface area contributed by atoms with E-state index in [1.165, 1.54) is 27.8 Å². The predicted molar refractivity (Wildman–Crippen MR) is 136 cm³/mol. The Bertz CT molecular complexity index is 1080. The van der Waals surface area contributed by atoms with E-state index in [1.54, 1.807) is 0 Å². The lowest BCUT2D eigenvalue weighted by molar-refractivity contribution is -0.150. The Morgan fingerprint density at radius 3 is 2.06 bits per heavy atom. The molecule has 34 heavy (non-hydrogen) atoms. The fourth-order valence-corrected chi connectivity index (χ4v) is 4.31. The number of unbranched alkanes of at least 4 members (excludes halogenated alkanes) is 2. The molecule has 176 valence electrons. The van der Waals surface area contributed by atoms with Crippen molar-refractivity contribution in [3.63, 3.8) is 0 Å². The zero-order chi connectivity index (χ0) is 23.8. The van der Waals surface area contributed by atoms with Gasteiger partial charge in [0.1, 0.15) is 5.75 Å². The minimum Gasteiger partial charge on any atom is -0.494 e. The fourth-order valence-electron chi connectivity index (χ4n) is 4.31. The van der Waals surface area contributed by atoms with E-state index in [0.29, 0.717) is 19.6 Å². The number of aliphatic carboxylic acids is 1. The summed E-state index contributed by atoms with van der Waals surface area (Å²) in [7, 11) is 0. The van der Waals surface area contributed by atoms with Gasteiger partial charge in [-0.15, -0.1) is 0 Å². The molecule has 0 amide bonds. The van der Waals surface area contributed by atoms with E-state index in [9.17, 15) is 9.90 Å². The molecule has 0 aliphatic heterocycles. The van der Waals surface area contributed by atoms with Gasteiger partial charge in [-0.3, -0.25) is 0 Å². The molecule has 1 atom stereocenters. The largest absolute Gasteiger partial charge is 0.494 e. The van der Waals surface area contributed by atoms with Crippen LogP contribution in [0.2, 0.25) is 0 Å². The molecular formula is C30H32O4. The topological polar surface area (TPSA) is 55.8 Å². The first kappa shape index (κ1) is 23.8. The van der Waals surface area contributed by atoms with Crippen molar-refractivity contribution >= 4 is 11.5 Å². The third-order valence-corrected chi connectivity index (χ3v) is 6.13. The van der Waals surface area contributed by atoms with Gasteiger partial charge in [0, 0.05) is 13.0 Å². The molecule has 3 aromatic carbocycles. The lowest BCUT2D eigenvalue weighted by atomic mass is 10.0. The van der Waals surface area contributed by atoms with Crippen LogP contribution in [0.1, 0.15) is 49.3 Å². The second-order valence-electron chi connectivity index (χ2n) is 8.60. The Balaban J connectivity index is 1.28. The number of benzene rings is 3. The number of allylic oxidation sites excluding steroid dienone is 1. The molecular weight excluding hydrogens is 424 g/mol. The molecule has 1 N–H and O–H groups in total. The molecule has 0 heterocycles. The number of carbonyl (C=O) groups is 1. The molecule has 4 rings (SSSR count). The van der Waals surface area contributed by atoms with Gasteiger partial charge in [-0.2, -0.15) is 0 Å². The van der Waals surface area contributed by atoms with Crippen LogP contribution in [-0.2, 0) is 16.0 Å². The first-order valence-electron chi connectivity index (χ1n) is 12.1. The fraction of sp³-hybridized carbons (Fsp3) is 0.300. The van der Waals surface area contributed by atoms with E-state index in [1.807, 2.05) is 24.3 Å². The Kier molecular flexibility index (Phi) is 8.16. The van der Waals surface area contributed by atoms with Gasteiger partial charge in [0.15, 0.2) is 6.10 Å². The molecule has 0 radical (unpaired) electrons. The van der Waals surface area contributed by atoms with Crippen molar-refractivity contribution in [2.24, 2.45) is 0 Å². The summed E-state index contributed by atoms with van der Waals surface area (Å²) in [5.74, 6) is -0.121. The quantitative estimate of drug-likeness (QED) is 0.239. The number of carboxylic acids is 1. The third kappa shape index (κ3) is 5.75. The summed E-state index contributed by atoms with van der Waals surface area (Å²) < 4.78 is 11.4. The van der Waals surface area contributed by atoms with Gasteiger partial charge in [0.2, 0.25) is 0 Å². The second-order valence-corrected chi connectivity index (χ2v) is 8.60. The van der Waals surface area contributed by atoms with Crippen molar-refractivity contribution in [2.45, 2.75) is 45.1 Å². The van der Waals surface area contributed by atoms with Crippen LogP contribution in [0.15, 0.2) is 78.9 Å². The third-order valence-electron chi connectivity index (χ3n) is 6.13. The van der Waals surface area contributed by atoms with E-state index in [-0.39, 0.29) is 0 Å². The maximum absolute atomic E-state index is 11.4. The van der Waals surface area contributed by atoms with Gasteiger partial charge >= 0.3 is 5.97 Å². The van der Waals surface area contributed by atoms with E-state index < -0.39 is 12.1 Å². The number of hydrogen-bond acceptors (Lipinski definition) is 3. The lowest BCUT2D eigenvalue weighted by Crippen LogP contribution is -2.26. The molecule has 0 fully saturated rings. The van der Waals surface area contributed by atoms with Crippen molar-refractivity contribution < 1.29 is 19.4 Å². The summed E-state index contributed by atoms with van der Waals surface area (Å²) in [4.78, 5) is 11.4. The molecule has 3 aromatic rings. The molecule has 0 saturated carbocycles. The monoisotopic (exact) mass is 456 g/mol. The van der Waals surface area contributed by atoms with Crippen molar-refractivity contribution in [1.29, 1.82) is 0 Å². The summed E-state index contributed by atoms with van der Waals surface area (Å²) in [5.41, 5.74) is 7.46. The first-order valence-corrected chi connectivity index (χ1v) is 12.1. The average molecular weight is 457 g/mol. The van der Waals surface area contributed by atoms with Crippen molar-refractivity contribution in [3.05, 3.63) is 95.6 Å². The number of hydrogen-bond donors (Lipinski definition) is 1. The van der Waals surface area contributed by atoms with Gasteiger partial charge in [0.05, 0.1) is 6.61 Å². The van der Waals surface area contributed by atoms with Crippen molar-refractivity contribution in [2.75, 3.05) is 13.2 Å². The Morgan fingerprint density at radius 2 is 1.47 bits per heavy atom. The molecule has 1 aliphatic carbocycles. The van der Waals surface area contributed by atoms with Crippen LogP contribution in [0.4, 0.5) is 0 Å². The zero-order valence-corrected chi connectivity index (χ0v) is 19.7. The highest BCUT2D eigenvalue weighted by molar-refractivity contribution is 6.01. The molecule has 4 heteroatoms. The van der Waals surface area contributed by atoms with Crippen LogP contribution in [-0.4, -0.2) is 30.4 Å². The van der Waals surface area contributed by atoms with Crippen molar-refractivity contribution in [1.82, 2.24) is 0 Å². The Labute approximate surface area is 201 Å². The van der Waals surface area contributed by atoms with Crippen LogP contribution in [0.25, 0.3) is 16.7 Å². The van der Waals surface area contributed by atoms with Gasteiger partial charge in [-0.1, -0.05) is 80.1 Å². The summed E-state index contributed by atoms with van der Waals surface area (Å²) >= 11 is 0. The zero-order valence-electron chi connectivity index (χ0n) is 19.7. The second kappa shape index (κ2) is 11.7. The smallest absolute Gasteiger partial charge is 0.333 e. The highest BCUT2D eigenvalue weighted by Gasteiger charge is 2.21. The minimum atomic E-state index is -0.918. The maximum atomic E-state index is 11.4. The molecule has 0 bridgehead atoms. The van der Waals surface area contributed by atoms with Gasteiger partial charge in [-0.25, -0.2) is 4.79 Å². The first-order chi connectivity index (χ1) is 16.7. The van der Waals surface area contributed by atoms with Gasteiger partial charge in [0.25, 0.3) is 0 Å². The summed E-state index contributed by atoms with van der Waals surface area (Å²) in [5, 5.41) is 9.39. The Morgan fingerprint density at radius 1 is 0.853 bits per heavy atom. The molecule has 0 aromatic heterocycles. The lowest BCUT2D eigenvalue weighted by Gasteiger charge is -2.14. The number of rotatable bonds is 12. The molecule has 1 aliphatic rings. The SMILES string of the molecule is CCCCOC(Cc1ccc(OCCCC=C2c3ccccc3-c3ccccc32)cc1)C(=O)O. The van der Waals surface area contributed by atoms with Crippen LogP contribution in [0, 0.1) is 0 Å². The normalized spacial score (nSPS) is 12.7. The summed E-state index contributed by atoms with van der Waals surface area (Å²) in [6.07, 6.45) is 5.57. The van der Waals surface area contributed by atoms with Gasteiger partial charge in [-0.05, 0) is 64.8 Å². The summed E-state index contributed by atoms with van der Waals surface area (Å²) in [6, 6.07) is 24.8. The van der Waals surface area contributed by atoms with Crippen LogP contribution >= 0.6 is 0 Å². The van der Waals surface area contributed by atoms with E-state index in [2.05, 4.69) is 61.5 Å². The summed E-state index contributed by atoms with van der Waals surface area (Å²) in [6.45, 7) is 3.16. The highest BCUT2D eigenvalue weighted by atomic mass is 16.5. The van der Waals surface area contributed by atoms with E-state index in [0.717, 1.165) is 37.0 Å². The standard InChI is InChI=1S/C30H32O4/c1-2-3-19-34-29(30(31)32)21-22-15-17-23(18-16-22)33-20-9-8-14-28-26-12-6-4-10-24(26)25-11-5-7-13-27(25)28/h4-7,10-18,29H,2-3,8-9,19-21H2,1H3,(H,31,32). The maximum Gasteiger partial charge on any atom is 0.333 e. The molecule has 0 spiro atoms. The molecule has 0 saturated heterocycles. The average Bonchev–Trinajstić information content (AvgIpc) is 3.18. The number of carboxylic acid groups (broad SMARTS) is 1. The number of fused-ring (bicyclic) bond motifs is 3. The predicted octanol–water partition coefficient (Wildman–Crippen LogP) is 6.77. The van der Waals surface area contributed by atoms with Crippen LogP contribution in [0.5, 0.6) is 5.75 Å². The minimum absolute atomic E-state index is 0.357. The van der Waals surface area contributed by atoms with Crippen LogP contribution < -0.4 is 4.74 Å². The van der Waals surface area contributed by atoms with E-state index in [4.69, 9.17) is 9.47 Å². The van der Waals surface area contributed by atoms with Gasteiger partial charge < -0.3 is 14.6 Å². The Hall–Kier alpha value is -3.37. The van der Waals surface area contributed by atoms with Crippen molar-refractivity contribution in [3.8, 4) is 16.9 Å². The molecule has 1 unspecified atom stereocenters. The molecule has 4 nitrogen and oxygen atoms in total. The number of ether oxygens (including phenoxy) is 2. The van der Waals surface area contributed by atoms with E-state index >= 15 is 0 Å². The highest BCUT2D eigenvalue weighted by Crippen LogP contribution is 2.43.